The second-order valence-electron chi connectivity index (χ2n) is 3.40. The molecule has 0 unspecified atom stereocenters. The van der Waals surface area contributed by atoms with Crippen molar-refractivity contribution in [1.29, 1.82) is 0 Å². The summed E-state index contributed by atoms with van der Waals surface area (Å²) < 4.78 is 0. The van der Waals surface area contributed by atoms with Crippen LogP contribution in [0.15, 0.2) is 54.6 Å². The topological polar surface area (TPSA) is 95.1 Å². The number of nitrogens with two attached hydrogens (primary N) is 3. The maximum absolute atomic E-state index is 10.4. The fraction of sp³-hybridized carbons (Fsp3) is 0. The fourth-order valence-corrected chi connectivity index (χ4v) is 1.10. The molecule has 0 aliphatic carbocycles. The van der Waals surface area contributed by atoms with E-state index in [0.29, 0.717) is 5.56 Å². The van der Waals surface area contributed by atoms with Crippen LogP contribution in [0.25, 0.3) is 0 Å². The molecule has 1 amide bonds. The number of carbonyl (C=O) groups is 1. The monoisotopic (exact) mass is 229 g/mol. The average molecular weight is 229 g/mol. The third kappa shape index (κ3) is 4.70. The first-order chi connectivity index (χ1) is 8.09. The van der Waals surface area contributed by atoms with Crippen LogP contribution in [0.2, 0.25) is 0 Å². The van der Waals surface area contributed by atoms with E-state index in [4.69, 9.17) is 17.2 Å². The summed E-state index contributed by atoms with van der Waals surface area (Å²) in [6.07, 6.45) is 0. The van der Waals surface area contributed by atoms with Crippen LogP contribution >= 0.6 is 0 Å². The number of amides is 1. The highest BCUT2D eigenvalue weighted by molar-refractivity contribution is 5.92. The third-order valence-corrected chi connectivity index (χ3v) is 1.99. The second-order valence-corrected chi connectivity index (χ2v) is 3.40. The normalized spacial score (nSPS) is 8.94. The quantitative estimate of drug-likeness (QED) is 0.648. The highest BCUT2D eigenvalue weighted by Crippen LogP contribution is 2.04. The van der Waals surface area contributed by atoms with Gasteiger partial charge < -0.3 is 17.2 Å². The predicted octanol–water partition coefficient (Wildman–Crippen LogP) is 1.64. The Labute approximate surface area is 100 Å². The van der Waals surface area contributed by atoms with Crippen LogP contribution < -0.4 is 17.2 Å². The van der Waals surface area contributed by atoms with E-state index in [1.54, 1.807) is 48.5 Å². The van der Waals surface area contributed by atoms with Crippen LogP contribution in [0.5, 0.6) is 0 Å². The number of hydrogen-bond donors (Lipinski definition) is 3. The number of rotatable bonds is 1. The van der Waals surface area contributed by atoms with E-state index in [1.165, 1.54) is 0 Å². The van der Waals surface area contributed by atoms with Gasteiger partial charge >= 0.3 is 0 Å². The van der Waals surface area contributed by atoms with Crippen LogP contribution in [0.4, 0.5) is 11.4 Å². The van der Waals surface area contributed by atoms with Gasteiger partial charge in [0.15, 0.2) is 0 Å². The number of nitrogen functional groups attached to an aromatic ring is 2. The summed E-state index contributed by atoms with van der Waals surface area (Å²) in [4.78, 5) is 10.4. The van der Waals surface area contributed by atoms with E-state index in [1.807, 2.05) is 6.07 Å². The Balaban J connectivity index is 0.000000171. The first-order valence-corrected chi connectivity index (χ1v) is 5.05. The minimum atomic E-state index is -0.379. The first kappa shape index (κ1) is 12.6. The maximum Gasteiger partial charge on any atom is 0.248 e. The number of hydrogen-bond acceptors (Lipinski definition) is 3. The molecule has 0 fully saturated rings. The van der Waals surface area contributed by atoms with Crippen molar-refractivity contribution in [2.75, 3.05) is 11.5 Å². The second kappa shape index (κ2) is 6.17. The van der Waals surface area contributed by atoms with Crippen molar-refractivity contribution in [2.24, 2.45) is 5.73 Å². The molecule has 6 N–H and O–H groups in total. The molecule has 0 atom stereocenters. The molecular formula is C13H15N3O. The average Bonchev–Trinajstić information content (AvgIpc) is 2.35. The Bertz CT molecular complexity index is 445. The lowest BCUT2D eigenvalue weighted by atomic mass is 10.2. The van der Waals surface area contributed by atoms with Gasteiger partial charge in [0.2, 0.25) is 5.91 Å². The maximum atomic E-state index is 10.4. The van der Waals surface area contributed by atoms with Gasteiger partial charge in [-0.25, -0.2) is 0 Å². The molecule has 0 heterocycles. The van der Waals surface area contributed by atoms with Gasteiger partial charge in [-0.1, -0.05) is 18.2 Å². The van der Waals surface area contributed by atoms with E-state index >= 15 is 0 Å². The van der Waals surface area contributed by atoms with Gasteiger partial charge in [-0.15, -0.1) is 0 Å². The number of benzene rings is 2. The molecule has 4 heteroatoms. The lowest BCUT2D eigenvalue weighted by Crippen LogP contribution is -2.09. The summed E-state index contributed by atoms with van der Waals surface area (Å²) in [5, 5.41) is 0. The molecule has 0 aliphatic rings. The SMILES string of the molecule is NC(=O)c1ccccc1.Nc1ccc(N)cc1. The van der Waals surface area contributed by atoms with Crippen molar-refractivity contribution < 1.29 is 4.79 Å². The summed E-state index contributed by atoms with van der Waals surface area (Å²) >= 11 is 0. The van der Waals surface area contributed by atoms with Gasteiger partial charge in [0, 0.05) is 16.9 Å². The summed E-state index contributed by atoms with van der Waals surface area (Å²) in [5.74, 6) is -0.379. The standard InChI is InChI=1S/C7H7NO.C6H8N2/c8-7(9)6-4-2-1-3-5-6;7-5-1-2-6(8)4-3-5/h1-5H,(H2,8,9);1-4H,7-8H2. The van der Waals surface area contributed by atoms with Crippen molar-refractivity contribution >= 4 is 17.3 Å². The van der Waals surface area contributed by atoms with E-state index in [-0.39, 0.29) is 5.91 Å². The lowest BCUT2D eigenvalue weighted by molar-refractivity contribution is 0.100. The molecule has 0 spiro atoms. The van der Waals surface area contributed by atoms with Crippen molar-refractivity contribution in [3.63, 3.8) is 0 Å². The summed E-state index contributed by atoms with van der Waals surface area (Å²) in [7, 11) is 0. The van der Waals surface area contributed by atoms with Gasteiger partial charge in [0.1, 0.15) is 0 Å². The fourth-order valence-electron chi connectivity index (χ4n) is 1.10. The molecule has 0 saturated heterocycles. The first-order valence-electron chi connectivity index (χ1n) is 5.05. The zero-order valence-corrected chi connectivity index (χ0v) is 9.34. The van der Waals surface area contributed by atoms with E-state index in [2.05, 4.69) is 0 Å². The summed E-state index contributed by atoms with van der Waals surface area (Å²) in [6, 6.07) is 15.9. The van der Waals surface area contributed by atoms with E-state index in [9.17, 15) is 4.79 Å². The predicted molar refractivity (Wildman–Crippen MR) is 70.2 cm³/mol. The zero-order chi connectivity index (χ0) is 12.7. The van der Waals surface area contributed by atoms with Crippen LogP contribution in [0.3, 0.4) is 0 Å². The van der Waals surface area contributed by atoms with Crippen LogP contribution in [-0.2, 0) is 0 Å². The lowest BCUT2D eigenvalue weighted by Gasteiger charge is -1.90. The van der Waals surface area contributed by atoms with Crippen LogP contribution in [0, 0.1) is 0 Å². The largest absolute Gasteiger partial charge is 0.399 e. The van der Waals surface area contributed by atoms with Gasteiger partial charge in [-0.3, -0.25) is 4.79 Å². The molecule has 2 aromatic rings. The Morgan fingerprint density at radius 2 is 1.18 bits per heavy atom. The summed E-state index contributed by atoms with van der Waals surface area (Å²) in [6.45, 7) is 0. The third-order valence-electron chi connectivity index (χ3n) is 1.99. The van der Waals surface area contributed by atoms with Gasteiger partial charge in [-0.05, 0) is 36.4 Å². The Hall–Kier alpha value is -2.49. The van der Waals surface area contributed by atoms with E-state index < -0.39 is 0 Å². The molecule has 0 saturated carbocycles. The molecule has 17 heavy (non-hydrogen) atoms. The minimum absolute atomic E-state index is 0.379. The molecule has 2 aromatic carbocycles. The Kier molecular flexibility index (Phi) is 4.57. The van der Waals surface area contributed by atoms with Crippen molar-refractivity contribution in [2.45, 2.75) is 0 Å². The molecular weight excluding hydrogens is 214 g/mol. The molecule has 0 aromatic heterocycles. The van der Waals surface area contributed by atoms with Crippen molar-refractivity contribution in [1.82, 2.24) is 0 Å². The van der Waals surface area contributed by atoms with E-state index in [0.717, 1.165) is 11.4 Å². The van der Waals surface area contributed by atoms with Crippen LogP contribution in [-0.4, -0.2) is 5.91 Å². The number of primary amides is 1. The Morgan fingerprint density at radius 3 is 1.47 bits per heavy atom. The number of anilines is 2. The van der Waals surface area contributed by atoms with Crippen molar-refractivity contribution in [3.05, 3.63) is 60.2 Å². The molecule has 2 rings (SSSR count). The zero-order valence-electron chi connectivity index (χ0n) is 9.34. The highest BCUT2D eigenvalue weighted by Gasteiger charge is 1.93. The van der Waals surface area contributed by atoms with Gasteiger partial charge in [-0.2, -0.15) is 0 Å². The molecule has 88 valence electrons. The van der Waals surface area contributed by atoms with Crippen LogP contribution in [0.1, 0.15) is 10.4 Å². The molecule has 0 bridgehead atoms. The minimum Gasteiger partial charge on any atom is -0.399 e. The molecule has 4 nitrogen and oxygen atoms in total. The molecule has 0 radical (unpaired) electrons. The number of carbonyl (C=O) groups excluding carboxylic acids is 1. The van der Waals surface area contributed by atoms with Crippen molar-refractivity contribution in [3.8, 4) is 0 Å². The smallest absolute Gasteiger partial charge is 0.248 e. The van der Waals surface area contributed by atoms with Gasteiger partial charge in [0.25, 0.3) is 0 Å². The Morgan fingerprint density at radius 1 is 0.765 bits per heavy atom. The van der Waals surface area contributed by atoms with Gasteiger partial charge in [0.05, 0.1) is 0 Å². The summed E-state index contributed by atoms with van der Waals surface area (Å²) in [5.41, 5.74) is 17.8. The molecule has 0 aliphatic heterocycles. The highest BCUT2D eigenvalue weighted by atomic mass is 16.1.